The lowest BCUT2D eigenvalue weighted by Gasteiger charge is -2.27. The van der Waals surface area contributed by atoms with Gasteiger partial charge in [0.2, 0.25) is 0 Å². The third-order valence-corrected chi connectivity index (χ3v) is 5.16. The first kappa shape index (κ1) is 14.5. The molecular weight excluding hydrogens is 382 g/mol. The number of amides is 1. The van der Waals surface area contributed by atoms with Crippen molar-refractivity contribution < 1.29 is 4.79 Å². The third-order valence-electron chi connectivity index (χ3n) is 2.82. The van der Waals surface area contributed by atoms with E-state index in [1.807, 2.05) is 6.07 Å². The molecule has 1 fully saturated rings. The minimum absolute atomic E-state index is 0.0149. The van der Waals surface area contributed by atoms with E-state index >= 15 is 0 Å². The Balaban J connectivity index is 1.76. The van der Waals surface area contributed by atoms with Gasteiger partial charge in [-0.3, -0.25) is 9.69 Å². The quantitative estimate of drug-likeness (QED) is 0.816. The minimum atomic E-state index is -0.0149. The Morgan fingerprint density at radius 2 is 2.17 bits per heavy atom. The van der Waals surface area contributed by atoms with E-state index in [2.05, 4.69) is 47.4 Å². The van der Waals surface area contributed by atoms with Gasteiger partial charge in [0.15, 0.2) is 0 Å². The number of thiophene rings is 1. The van der Waals surface area contributed by atoms with Crippen LogP contribution in [0.3, 0.4) is 0 Å². The lowest BCUT2D eigenvalue weighted by atomic mass is 10.3. The summed E-state index contributed by atoms with van der Waals surface area (Å²) in [5.41, 5.74) is 0.701. The van der Waals surface area contributed by atoms with Gasteiger partial charge in [0.1, 0.15) is 0 Å². The van der Waals surface area contributed by atoms with Crippen molar-refractivity contribution in [2.75, 3.05) is 39.3 Å². The highest BCUT2D eigenvalue weighted by Gasteiger charge is 2.14. The van der Waals surface area contributed by atoms with Crippen LogP contribution < -0.4 is 10.6 Å². The molecule has 1 saturated heterocycles. The molecule has 18 heavy (non-hydrogen) atoms. The molecule has 0 unspecified atom stereocenters. The predicted octanol–water partition coefficient (Wildman–Crippen LogP) is 1.91. The van der Waals surface area contributed by atoms with Crippen LogP contribution in [0.1, 0.15) is 10.4 Å². The van der Waals surface area contributed by atoms with Gasteiger partial charge in [-0.15, -0.1) is 11.3 Å². The maximum atomic E-state index is 11.9. The van der Waals surface area contributed by atoms with Gasteiger partial charge < -0.3 is 10.6 Å². The number of carbonyl (C=O) groups excluding carboxylic acids is 1. The van der Waals surface area contributed by atoms with Crippen molar-refractivity contribution in [3.8, 4) is 0 Å². The summed E-state index contributed by atoms with van der Waals surface area (Å²) in [6.45, 7) is 5.80. The first-order chi connectivity index (χ1) is 8.66. The van der Waals surface area contributed by atoms with Crippen LogP contribution in [0.5, 0.6) is 0 Å². The van der Waals surface area contributed by atoms with Crippen LogP contribution in [0.15, 0.2) is 13.6 Å². The van der Waals surface area contributed by atoms with Gasteiger partial charge in [-0.1, -0.05) is 0 Å². The van der Waals surface area contributed by atoms with Crippen molar-refractivity contribution in [3.63, 3.8) is 0 Å². The van der Waals surface area contributed by atoms with Gasteiger partial charge in [-0.05, 0) is 37.9 Å². The van der Waals surface area contributed by atoms with Crippen LogP contribution in [0.25, 0.3) is 0 Å². The van der Waals surface area contributed by atoms with Crippen LogP contribution in [0.2, 0.25) is 0 Å². The topological polar surface area (TPSA) is 44.4 Å². The number of hydrogen-bond acceptors (Lipinski definition) is 4. The maximum Gasteiger partial charge on any atom is 0.253 e. The summed E-state index contributed by atoms with van der Waals surface area (Å²) in [7, 11) is 0. The van der Waals surface area contributed by atoms with Gasteiger partial charge in [0, 0.05) is 39.3 Å². The molecule has 0 radical (unpaired) electrons. The monoisotopic (exact) mass is 395 g/mol. The molecule has 0 spiro atoms. The fourth-order valence-electron chi connectivity index (χ4n) is 1.85. The van der Waals surface area contributed by atoms with E-state index in [0.717, 1.165) is 40.3 Å². The molecule has 1 aromatic heterocycles. The van der Waals surface area contributed by atoms with Crippen molar-refractivity contribution in [3.05, 3.63) is 19.2 Å². The summed E-state index contributed by atoms with van der Waals surface area (Å²) in [5, 5.41) is 6.27. The summed E-state index contributed by atoms with van der Waals surface area (Å²) >= 11 is 8.28. The molecule has 2 heterocycles. The Labute approximate surface area is 127 Å². The molecule has 1 amide bonds. The first-order valence-corrected chi connectivity index (χ1v) is 8.23. The van der Waals surface area contributed by atoms with Crippen LogP contribution >= 0.6 is 43.2 Å². The molecule has 0 saturated carbocycles. The number of carbonyl (C=O) groups is 1. The van der Waals surface area contributed by atoms with Gasteiger partial charge in [-0.25, -0.2) is 0 Å². The van der Waals surface area contributed by atoms with Crippen LogP contribution in [0, 0.1) is 0 Å². The molecule has 2 rings (SSSR count). The third kappa shape index (κ3) is 4.03. The second-order valence-electron chi connectivity index (χ2n) is 4.09. The van der Waals surface area contributed by atoms with Crippen molar-refractivity contribution in [1.82, 2.24) is 15.5 Å². The Morgan fingerprint density at radius 3 is 2.78 bits per heavy atom. The maximum absolute atomic E-state index is 11.9. The zero-order valence-electron chi connectivity index (χ0n) is 9.84. The fraction of sp³-hybridized carbons (Fsp3) is 0.545. The number of halogens is 2. The predicted molar refractivity (Wildman–Crippen MR) is 81.4 cm³/mol. The van der Waals surface area contributed by atoms with E-state index < -0.39 is 0 Å². The molecule has 1 aromatic rings. The van der Waals surface area contributed by atoms with E-state index in [0.29, 0.717) is 12.1 Å². The summed E-state index contributed by atoms with van der Waals surface area (Å²) in [6.07, 6.45) is 0. The number of rotatable bonds is 4. The average Bonchev–Trinajstić information content (AvgIpc) is 2.70. The number of nitrogens with zero attached hydrogens (tertiary/aromatic N) is 1. The molecule has 0 bridgehead atoms. The van der Waals surface area contributed by atoms with E-state index in [4.69, 9.17) is 0 Å². The summed E-state index contributed by atoms with van der Waals surface area (Å²) in [6, 6.07) is 1.84. The molecule has 1 aliphatic heterocycles. The largest absolute Gasteiger partial charge is 0.351 e. The fourth-order valence-corrected chi connectivity index (χ4v) is 4.65. The molecule has 0 aliphatic carbocycles. The molecular formula is C11H15Br2N3OS. The van der Waals surface area contributed by atoms with Gasteiger partial charge in [-0.2, -0.15) is 0 Å². The molecule has 1 aliphatic rings. The lowest BCUT2D eigenvalue weighted by Crippen LogP contribution is -2.46. The van der Waals surface area contributed by atoms with Crippen LogP contribution in [0.4, 0.5) is 0 Å². The van der Waals surface area contributed by atoms with Crippen molar-refractivity contribution in [2.45, 2.75) is 0 Å². The van der Waals surface area contributed by atoms with Crippen molar-refractivity contribution in [1.29, 1.82) is 0 Å². The Morgan fingerprint density at radius 1 is 1.44 bits per heavy atom. The standard InChI is InChI=1S/C11H15Br2N3OS/c12-9-7-8(10(13)18-9)11(17)15-3-6-16-4-1-14-2-5-16/h7,14H,1-6H2,(H,15,17). The van der Waals surface area contributed by atoms with Crippen LogP contribution in [-0.4, -0.2) is 50.1 Å². The molecule has 4 nitrogen and oxygen atoms in total. The van der Waals surface area contributed by atoms with E-state index in [-0.39, 0.29) is 5.91 Å². The van der Waals surface area contributed by atoms with Gasteiger partial charge in [0.25, 0.3) is 5.91 Å². The Bertz CT molecular complexity index is 418. The second kappa shape index (κ2) is 7.00. The molecule has 0 aromatic carbocycles. The van der Waals surface area contributed by atoms with E-state index in [9.17, 15) is 4.79 Å². The summed E-state index contributed by atoms with van der Waals surface area (Å²) in [5.74, 6) is -0.0149. The van der Waals surface area contributed by atoms with E-state index in [1.165, 1.54) is 11.3 Å². The van der Waals surface area contributed by atoms with Gasteiger partial charge in [0.05, 0.1) is 13.1 Å². The zero-order chi connectivity index (χ0) is 13.0. The minimum Gasteiger partial charge on any atom is -0.351 e. The van der Waals surface area contributed by atoms with Crippen molar-refractivity contribution in [2.24, 2.45) is 0 Å². The lowest BCUT2D eigenvalue weighted by molar-refractivity contribution is 0.0947. The molecule has 7 heteroatoms. The SMILES string of the molecule is O=C(NCCN1CCNCC1)c1cc(Br)sc1Br. The normalized spacial score (nSPS) is 16.8. The Kier molecular flexibility index (Phi) is 5.62. The zero-order valence-corrected chi connectivity index (χ0v) is 13.8. The molecule has 100 valence electrons. The summed E-state index contributed by atoms with van der Waals surface area (Å²) < 4.78 is 1.83. The number of piperazine rings is 1. The smallest absolute Gasteiger partial charge is 0.253 e. The highest BCUT2D eigenvalue weighted by atomic mass is 79.9. The molecule has 0 atom stereocenters. The van der Waals surface area contributed by atoms with Gasteiger partial charge >= 0.3 is 0 Å². The highest BCUT2D eigenvalue weighted by Crippen LogP contribution is 2.31. The average molecular weight is 397 g/mol. The summed E-state index contributed by atoms with van der Waals surface area (Å²) in [4.78, 5) is 14.3. The second-order valence-corrected chi connectivity index (χ2v) is 7.83. The first-order valence-electron chi connectivity index (χ1n) is 5.83. The van der Waals surface area contributed by atoms with E-state index in [1.54, 1.807) is 0 Å². The van der Waals surface area contributed by atoms with Crippen LogP contribution in [-0.2, 0) is 0 Å². The Hall–Kier alpha value is 0.0500. The number of nitrogens with one attached hydrogen (secondary N) is 2. The van der Waals surface area contributed by atoms with Crippen molar-refractivity contribution >= 4 is 49.1 Å². The molecule has 2 N–H and O–H groups in total. The highest BCUT2D eigenvalue weighted by molar-refractivity contribution is 9.12. The number of hydrogen-bond donors (Lipinski definition) is 2.